The van der Waals surface area contributed by atoms with Crippen molar-refractivity contribution in [1.82, 2.24) is 4.90 Å². The van der Waals surface area contributed by atoms with Crippen LogP contribution in [0.15, 0.2) is 24.3 Å². The Morgan fingerprint density at radius 1 is 1.17 bits per heavy atom. The predicted molar refractivity (Wildman–Crippen MR) is 75.9 cm³/mol. The van der Waals surface area contributed by atoms with E-state index in [0.29, 0.717) is 5.02 Å². The standard InChI is InChI=1S/C15H22ClNO/c1-12(17-10-4-3-5-11-17)15(2,18)13-6-8-14(16)9-7-13/h6-9,12,18H,3-5,10-11H2,1-2H3. The number of nitrogens with zero attached hydrogens (tertiary/aromatic N) is 1. The molecule has 0 aliphatic carbocycles. The summed E-state index contributed by atoms with van der Waals surface area (Å²) in [6.45, 7) is 6.19. The summed E-state index contributed by atoms with van der Waals surface area (Å²) in [5.74, 6) is 0. The van der Waals surface area contributed by atoms with Gasteiger partial charge in [-0.2, -0.15) is 0 Å². The van der Waals surface area contributed by atoms with E-state index in [1.807, 2.05) is 31.2 Å². The highest BCUT2D eigenvalue weighted by Crippen LogP contribution is 2.30. The molecule has 1 N–H and O–H groups in total. The van der Waals surface area contributed by atoms with Crippen LogP contribution >= 0.6 is 11.6 Å². The topological polar surface area (TPSA) is 23.5 Å². The molecule has 2 nitrogen and oxygen atoms in total. The zero-order valence-corrected chi connectivity index (χ0v) is 12.0. The van der Waals surface area contributed by atoms with E-state index < -0.39 is 5.60 Å². The summed E-state index contributed by atoms with van der Waals surface area (Å²) in [6, 6.07) is 7.65. The molecule has 1 fully saturated rings. The molecule has 100 valence electrons. The van der Waals surface area contributed by atoms with Crippen LogP contribution in [-0.4, -0.2) is 29.1 Å². The van der Waals surface area contributed by atoms with Crippen LogP contribution in [0.3, 0.4) is 0 Å². The Kier molecular flexibility index (Phi) is 4.31. The maximum atomic E-state index is 10.8. The van der Waals surface area contributed by atoms with Gasteiger partial charge in [-0.3, -0.25) is 4.90 Å². The largest absolute Gasteiger partial charge is 0.384 e. The van der Waals surface area contributed by atoms with Gasteiger partial charge in [0.25, 0.3) is 0 Å². The molecule has 0 bridgehead atoms. The molecule has 2 rings (SSSR count). The van der Waals surface area contributed by atoms with Crippen LogP contribution in [0, 0.1) is 0 Å². The number of hydrogen-bond acceptors (Lipinski definition) is 2. The third-order valence-electron chi connectivity index (χ3n) is 4.18. The SMILES string of the molecule is CC(N1CCCCC1)C(C)(O)c1ccc(Cl)cc1. The fourth-order valence-electron chi connectivity index (χ4n) is 2.69. The molecule has 2 unspecified atom stereocenters. The minimum atomic E-state index is -0.831. The van der Waals surface area contributed by atoms with E-state index in [1.54, 1.807) is 0 Å². The van der Waals surface area contributed by atoms with Crippen LogP contribution in [0.25, 0.3) is 0 Å². The summed E-state index contributed by atoms with van der Waals surface area (Å²) < 4.78 is 0. The van der Waals surface area contributed by atoms with Gasteiger partial charge in [-0.05, 0) is 57.5 Å². The molecule has 1 aromatic rings. The minimum Gasteiger partial charge on any atom is -0.384 e. The number of likely N-dealkylation sites (tertiary alicyclic amines) is 1. The summed E-state index contributed by atoms with van der Waals surface area (Å²) in [5.41, 5.74) is 0.104. The van der Waals surface area contributed by atoms with E-state index in [0.717, 1.165) is 18.7 Å². The summed E-state index contributed by atoms with van der Waals surface area (Å²) in [4.78, 5) is 2.39. The second-order valence-electron chi connectivity index (χ2n) is 5.43. The number of rotatable bonds is 3. The molecule has 1 aliphatic heterocycles. The van der Waals surface area contributed by atoms with Gasteiger partial charge in [0, 0.05) is 11.1 Å². The zero-order valence-electron chi connectivity index (χ0n) is 11.2. The Hall–Kier alpha value is -0.570. The Morgan fingerprint density at radius 3 is 2.28 bits per heavy atom. The third-order valence-corrected chi connectivity index (χ3v) is 4.43. The Labute approximate surface area is 115 Å². The highest BCUT2D eigenvalue weighted by Gasteiger charge is 2.34. The average molecular weight is 268 g/mol. The van der Waals surface area contributed by atoms with Crippen LogP contribution in [0.2, 0.25) is 5.02 Å². The van der Waals surface area contributed by atoms with E-state index in [2.05, 4.69) is 11.8 Å². The second-order valence-corrected chi connectivity index (χ2v) is 5.86. The first-order valence-corrected chi connectivity index (χ1v) is 7.12. The normalized spacial score (nSPS) is 22.4. The molecule has 1 aromatic carbocycles. The molecule has 1 aliphatic rings. The maximum Gasteiger partial charge on any atom is 0.102 e. The first-order valence-electron chi connectivity index (χ1n) is 6.74. The monoisotopic (exact) mass is 267 g/mol. The highest BCUT2D eigenvalue weighted by molar-refractivity contribution is 6.30. The number of hydrogen-bond donors (Lipinski definition) is 1. The molecule has 0 aromatic heterocycles. The molecule has 2 atom stereocenters. The van der Waals surface area contributed by atoms with Crippen molar-refractivity contribution in [3.8, 4) is 0 Å². The van der Waals surface area contributed by atoms with Crippen molar-refractivity contribution in [3.05, 3.63) is 34.9 Å². The van der Waals surface area contributed by atoms with E-state index >= 15 is 0 Å². The lowest BCUT2D eigenvalue weighted by Crippen LogP contribution is -2.49. The number of aliphatic hydroxyl groups is 1. The lowest BCUT2D eigenvalue weighted by atomic mass is 9.87. The lowest BCUT2D eigenvalue weighted by molar-refractivity contribution is -0.0368. The van der Waals surface area contributed by atoms with Crippen molar-refractivity contribution < 1.29 is 5.11 Å². The van der Waals surface area contributed by atoms with Crippen LogP contribution in [-0.2, 0) is 5.60 Å². The van der Waals surface area contributed by atoms with Crippen molar-refractivity contribution >= 4 is 11.6 Å². The highest BCUT2D eigenvalue weighted by atomic mass is 35.5. The van der Waals surface area contributed by atoms with Crippen molar-refractivity contribution in [3.63, 3.8) is 0 Å². The quantitative estimate of drug-likeness (QED) is 0.907. The van der Waals surface area contributed by atoms with Gasteiger partial charge in [-0.15, -0.1) is 0 Å². The number of halogens is 1. The van der Waals surface area contributed by atoms with Crippen LogP contribution in [0.5, 0.6) is 0 Å². The van der Waals surface area contributed by atoms with Crippen molar-refractivity contribution in [2.24, 2.45) is 0 Å². The van der Waals surface area contributed by atoms with Gasteiger partial charge in [-0.25, -0.2) is 0 Å². The van der Waals surface area contributed by atoms with E-state index in [4.69, 9.17) is 11.6 Å². The van der Waals surface area contributed by atoms with Crippen LogP contribution < -0.4 is 0 Å². The first kappa shape index (κ1) is 13.9. The molecule has 0 saturated carbocycles. The van der Waals surface area contributed by atoms with Gasteiger partial charge in [0.05, 0.1) is 0 Å². The van der Waals surface area contributed by atoms with Crippen LogP contribution in [0.1, 0.15) is 38.7 Å². The molecule has 18 heavy (non-hydrogen) atoms. The van der Waals surface area contributed by atoms with Crippen molar-refractivity contribution in [1.29, 1.82) is 0 Å². The summed E-state index contributed by atoms with van der Waals surface area (Å²) in [5, 5.41) is 11.5. The van der Waals surface area contributed by atoms with E-state index in [1.165, 1.54) is 19.3 Å². The van der Waals surface area contributed by atoms with Crippen molar-refractivity contribution in [2.75, 3.05) is 13.1 Å². The summed E-state index contributed by atoms with van der Waals surface area (Å²) >= 11 is 5.90. The number of piperidine rings is 1. The van der Waals surface area contributed by atoms with Gasteiger partial charge in [-0.1, -0.05) is 30.2 Å². The van der Waals surface area contributed by atoms with Gasteiger partial charge < -0.3 is 5.11 Å². The van der Waals surface area contributed by atoms with Crippen molar-refractivity contribution in [2.45, 2.75) is 44.8 Å². The fourth-order valence-corrected chi connectivity index (χ4v) is 2.82. The lowest BCUT2D eigenvalue weighted by Gasteiger charge is -2.41. The molecule has 0 radical (unpaired) electrons. The van der Waals surface area contributed by atoms with E-state index in [-0.39, 0.29) is 6.04 Å². The summed E-state index contributed by atoms with van der Waals surface area (Å²) in [6.07, 6.45) is 3.79. The molecular formula is C15H22ClNO. The summed E-state index contributed by atoms with van der Waals surface area (Å²) in [7, 11) is 0. The molecule has 1 heterocycles. The second kappa shape index (κ2) is 5.60. The van der Waals surface area contributed by atoms with Gasteiger partial charge in [0.1, 0.15) is 5.60 Å². The van der Waals surface area contributed by atoms with Gasteiger partial charge in [0.15, 0.2) is 0 Å². The molecular weight excluding hydrogens is 246 g/mol. The molecule has 3 heteroatoms. The fraction of sp³-hybridized carbons (Fsp3) is 0.600. The van der Waals surface area contributed by atoms with Gasteiger partial charge >= 0.3 is 0 Å². The Morgan fingerprint density at radius 2 is 1.72 bits per heavy atom. The predicted octanol–water partition coefficient (Wildman–Crippen LogP) is 3.42. The number of benzene rings is 1. The molecule has 0 amide bonds. The molecule has 0 spiro atoms. The Balaban J connectivity index is 2.15. The smallest absolute Gasteiger partial charge is 0.102 e. The van der Waals surface area contributed by atoms with Gasteiger partial charge in [0.2, 0.25) is 0 Å². The van der Waals surface area contributed by atoms with E-state index in [9.17, 15) is 5.11 Å². The molecule has 1 saturated heterocycles. The zero-order chi connectivity index (χ0) is 13.2. The Bertz CT molecular complexity index is 382. The third kappa shape index (κ3) is 2.87. The minimum absolute atomic E-state index is 0.124. The van der Waals surface area contributed by atoms with Crippen LogP contribution in [0.4, 0.5) is 0 Å². The first-order chi connectivity index (χ1) is 8.51. The maximum absolute atomic E-state index is 10.8. The average Bonchev–Trinajstić information content (AvgIpc) is 2.39.